The third-order valence-corrected chi connectivity index (χ3v) is 14.9. The second kappa shape index (κ2) is 11.3. The highest BCUT2D eigenvalue weighted by atomic mass is 16.5. The molecule has 8 aromatic rings. The fourth-order valence-electron chi connectivity index (χ4n) is 12.6. The minimum absolute atomic E-state index is 0.134. The van der Waals surface area contributed by atoms with Gasteiger partial charge in [0.2, 0.25) is 0 Å². The molecule has 0 saturated heterocycles. The van der Waals surface area contributed by atoms with Crippen LogP contribution in [0.4, 0.5) is 0 Å². The zero-order chi connectivity index (χ0) is 37.6. The molecule has 2 aromatic heterocycles. The Kier molecular flexibility index (Phi) is 6.38. The molecule has 276 valence electrons. The normalized spacial score (nSPS) is 24.3. The first-order valence-electron chi connectivity index (χ1n) is 20.9. The Morgan fingerprint density at radius 3 is 2.02 bits per heavy atom. The van der Waals surface area contributed by atoms with Gasteiger partial charge in [-0.3, -0.25) is 0 Å². The summed E-state index contributed by atoms with van der Waals surface area (Å²) < 4.78 is 13.2. The van der Waals surface area contributed by atoms with Crippen LogP contribution in [0.2, 0.25) is 0 Å². The Balaban J connectivity index is 0.885. The summed E-state index contributed by atoms with van der Waals surface area (Å²) in [5.41, 5.74) is 15.9. The quantitative estimate of drug-likeness (QED) is 0.181. The van der Waals surface area contributed by atoms with Crippen molar-refractivity contribution >= 4 is 22.1 Å². The summed E-state index contributed by atoms with van der Waals surface area (Å²) in [7, 11) is 0. The highest BCUT2D eigenvalue weighted by Crippen LogP contribution is 2.70. The maximum Gasteiger partial charge on any atom is 0.180 e. The third-order valence-electron chi connectivity index (χ3n) is 14.9. The molecule has 5 aliphatic carbocycles. The van der Waals surface area contributed by atoms with Crippen LogP contribution in [-0.4, -0.2) is 9.97 Å². The Bertz CT molecular complexity index is 2950. The maximum atomic E-state index is 6.90. The number of rotatable bonds is 3. The summed E-state index contributed by atoms with van der Waals surface area (Å²) in [5.74, 6) is 5.96. The molecule has 57 heavy (non-hydrogen) atoms. The first kappa shape index (κ1) is 32.1. The van der Waals surface area contributed by atoms with Crippen molar-refractivity contribution in [2.24, 2.45) is 23.7 Å². The molecule has 4 nitrogen and oxygen atoms in total. The van der Waals surface area contributed by atoms with Crippen LogP contribution in [0.3, 0.4) is 0 Å². The summed E-state index contributed by atoms with van der Waals surface area (Å²) in [6.07, 6.45) is 7.01. The van der Waals surface area contributed by atoms with Crippen molar-refractivity contribution in [3.8, 4) is 56.4 Å². The van der Waals surface area contributed by atoms with Gasteiger partial charge in [0.25, 0.3) is 0 Å². The van der Waals surface area contributed by atoms with E-state index in [-0.39, 0.29) is 10.8 Å². The van der Waals surface area contributed by atoms with Crippen molar-refractivity contribution < 1.29 is 9.15 Å². The average Bonchev–Trinajstić information content (AvgIpc) is 3.76. The third kappa shape index (κ3) is 4.34. The van der Waals surface area contributed by atoms with E-state index in [1.807, 2.05) is 36.4 Å². The minimum Gasteiger partial charge on any atom is -0.457 e. The van der Waals surface area contributed by atoms with Gasteiger partial charge in [0.05, 0.1) is 0 Å². The van der Waals surface area contributed by atoms with Gasteiger partial charge < -0.3 is 9.15 Å². The summed E-state index contributed by atoms with van der Waals surface area (Å²) >= 11 is 0. The molecule has 0 radical (unpaired) electrons. The number of nitrogens with zero attached hydrogens (tertiary/aromatic N) is 2. The monoisotopic (exact) mass is 738 g/mol. The number of benzene rings is 6. The lowest BCUT2D eigenvalue weighted by Gasteiger charge is -2.61. The van der Waals surface area contributed by atoms with E-state index >= 15 is 0 Å². The van der Waals surface area contributed by atoms with Crippen LogP contribution in [-0.2, 0) is 10.8 Å². The molecule has 4 bridgehead atoms. The van der Waals surface area contributed by atoms with E-state index in [0.29, 0.717) is 11.4 Å². The number of hydrogen-bond donors (Lipinski definition) is 0. The van der Waals surface area contributed by atoms with Gasteiger partial charge in [-0.2, -0.15) is 0 Å². The van der Waals surface area contributed by atoms with Crippen molar-refractivity contribution in [1.29, 1.82) is 0 Å². The maximum absolute atomic E-state index is 6.90. The molecule has 6 aromatic carbocycles. The fourth-order valence-corrected chi connectivity index (χ4v) is 12.6. The number of ether oxygens (including phenoxy) is 1. The Hall–Kier alpha value is -6.00. The van der Waals surface area contributed by atoms with Gasteiger partial charge >= 0.3 is 0 Å². The second-order valence-corrected chi connectivity index (χ2v) is 18.2. The summed E-state index contributed by atoms with van der Waals surface area (Å²) in [6, 6.07) is 48.2. The molecule has 1 spiro atoms. The fraction of sp³-hybridized carbons (Fsp3) is 0.245. The predicted molar refractivity (Wildman–Crippen MR) is 228 cm³/mol. The van der Waals surface area contributed by atoms with Crippen molar-refractivity contribution in [2.75, 3.05) is 0 Å². The van der Waals surface area contributed by atoms with Crippen molar-refractivity contribution in [2.45, 2.75) is 56.8 Å². The summed E-state index contributed by atoms with van der Waals surface area (Å²) in [4.78, 5) is 10.2. The first-order valence-corrected chi connectivity index (χ1v) is 20.9. The lowest BCUT2D eigenvalue weighted by Crippen LogP contribution is -2.55. The zero-order valence-electron chi connectivity index (χ0n) is 32.3. The van der Waals surface area contributed by atoms with Crippen molar-refractivity contribution in [3.05, 3.63) is 156 Å². The number of hydrogen-bond acceptors (Lipinski definition) is 4. The van der Waals surface area contributed by atoms with E-state index in [9.17, 15) is 0 Å². The molecule has 3 heterocycles. The van der Waals surface area contributed by atoms with Crippen LogP contribution in [0, 0.1) is 23.7 Å². The van der Waals surface area contributed by atoms with Crippen LogP contribution >= 0.6 is 0 Å². The number of fused-ring (bicyclic) bond motifs is 8. The molecule has 4 saturated carbocycles. The van der Waals surface area contributed by atoms with Crippen LogP contribution in [0.25, 0.3) is 67.0 Å². The first-order chi connectivity index (χ1) is 27.9. The lowest BCUT2D eigenvalue weighted by atomic mass is 9.43. The van der Waals surface area contributed by atoms with Crippen LogP contribution < -0.4 is 4.74 Å². The van der Waals surface area contributed by atoms with Gasteiger partial charge in [-0.1, -0.05) is 111 Å². The van der Waals surface area contributed by atoms with Crippen molar-refractivity contribution in [3.63, 3.8) is 0 Å². The van der Waals surface area contributed by atoms with Gasteiger partial charge in [0.1, 0.15) is 28.3 Å². The standard InChI is InChI=1S/C53H42N2O2/c1-52(2)43-27-35(32-16-18-34(19-17-32)51-54-48(33-10-4-3-5-11-33)50-49(55-51)39-13-7-9-15-45(39)57-50)20-21-46(43)56-47-28-40-38-12-6-8-14-41(38)53(42(40)29-44(47)52)36-23-30-22-31(25-36)26-37(53)24-30/h3-21,27-31,36-37H,22-26H2,1-2H3. The van der Waals surface area contributed by atoms with E-state index in [0.717, 1.165) is 74.0 Å². The number of furan rings is 1. The van der Waals surface area contributed by atoms with E-state index in [1.54, 1.807) is 11.1 Å². The highest BCUT2D eigenvalue weighted by Gasteiger charge is 2.62. The van der Waals surface area contributed by atoms with Crippen LogP contribution in [0.5, 0.6) is 11.5 Å². The summed E-state index contributed by atoms with van der Waals surface area (Å²) in [5, 5.41) is 0.994. The largest absolute Gasteiger partial charge is 0.457 e. The van der Waals surface area contributed by atoms with Gasteiger partial charge in [0.15, 0.2) is 11.4 Å². The second-order valence-electron chi connectivity index (χ2n) is 18.2. The van der Waals surface area contributed by atoms with E-state index < -0.39 is 0 Å². The molecule has 4 heteroatoms. The van der Waals surface area contributed by atoms with Gasteiger partial charge in [0, 0.05) is 38.5 Å². The van der Waals surface area contributed by atoms with Gasteiger partial charge in [-0.05, 0) is 126 Å². The molecule has 4 fully saturated rings. The average molecular weight is 739 g/mol. The van der Waals surface area contributed by atoms with Gasteiger partial charge in [-0.15, -0.1) is 0 Å². The van der Waals surface area contributed by atoms with Gasteiger partial charge in [-0.25, -0.2) is 9.97 Å². The van der Waals surface area contributed by atoms with Crippen molar-refractivity contribution in [1.82, 2.24) is 9.97 Å². The number of aromatic nitrogens is 2. The SMILES string of the molecule is CC1(C)c2cc(-c3ccc(-c4nc(-c5ccccc5)c5oc6ccccc6c5n4)cc3)ccc2Oc2cc3c(cc21)C1(c2ccccc2-3)C2CC3CC(C2)CC1C3. The summed E-state index contributed by atoms with van der Waals surface area (Å²) in [6.45, 7) is 4.80. The van der Waals surface area contributed by atoms with E-state index in [2.05, 4.69) is 111 Å². The molecule has 0 atom stereocenters. The Morgan fingerprint density at radius 1 is 0.526 bits per heavy atom. The smallest absolute Gasteiger partial charge is 0.180 e. The highest BCUT2D eigenvalue weighted by molar-refractivity contribution is 6.07. The number of para-hydroxylation sites is 1. The molecular weight excluding hydrogens is 697 g/mol. The molecule has 0 N–H and O–H groups in total. The molecule has 1 aliphatic heterocycles. The molecule has 0 amide bonds. The topological polar surface area (TPSA) is 48.2 Å². The molecule has 14 rings (SSSR count). The molecule has 0 unspecified atom stereocenters. The van der Waals surface area contributed by atoms with Crippen LogP contribution in [0.15, 0.2) is 138 Å². The lowest BCUT2D eigenvalue weighted by molar-refractivity contribution is -0.0399. The zero-order valence-corrected chi connectivity index (χ0v) is 32.3. The van der Waals surface area contributed by atoms with E-state index in [1.165, 1.54) is 59.9 Å². The molecular formula is C53H42N2O2. The van der Waals surface area contributed by atoms with Crippen LogP contribution in [0.1, 0.15) is 68.2 Å². The Morgan fingerprint density at radius 2 is 1.21 bits per heavy atom. The minimum atomic E-state index is -0.236. The molecule has 6 aliphatic rings. The predicted octanol–water partition coefficient (Wildman–Crippen LogP) is 13.5. The van der Waals surface area contributed by atoms with E-state index in [4.69, 9.17) is 19.1 Å². The Labute approximate surface area is 332 Å².